The molecule has 13 heavy (non-hydrogen) atoms. The summed E-state index contributed by atoms with van der Waals surface area (Å²) < 4.78 is 4.90. The van der Waals surface area contributed by atoms with Crippen molar-refractivity contribution < 1.29 is 9.53 Å². The summed E-state index contributed by atoms with van der Waals surface area (Å²) in [6.07, 6.45) is 5.58. The van der Waals surface area contributed by atoms with Gasteiger partial charge >= 0.3 is 6.09 Å². The van der Waals surface area contributed by atoms with Gasteiger partial charge in [-0.15, -0.1) is 0 Å². The molecule has 0 aliphatic carbocycles. The Morgan fingerprint density at radius 3 is 2.69 bits per heavy atom. The van der Waals surface area contributed by atoms with Crippen molar-refractivity contribution in [3.8, 4) is 0 Å². The van der Waals surface area contributed by atoms with Gasteiger partial charge in [0.15, 0.2) is 0 Å². The summed E-state index contributed by atoms with van der Waals surface area (Å²) in [5.74, 6) is 0. The van der Waals surface area contributed by atoms with Gasteiger partial charge in [-0.1, -0.05) is 32.6 Å². The van der Waals surface area contributed by atoms with Crippen LogP contribution in [0.2, 0.25) is 0 Å². The summed E-state index contributed by atoms with van der Waals surface area (Å²) in [6, 6.07) is 0. The van der Waals surface area contributed by atoms with Gasteiger partial charge in [-0.2, -0.15) is 9.12 Å². The van der Waals surface area contributed by atoms with Crippen LogP contribution in [-0.2, 0) is 4.74 Å². The van der Waals surface area contributed by atoms with Gasteiger partial charge in [-0.3, -0.25) is 0 Å². The highest BCUT2D eigenvalue weighted by Gasteiger charge is 1.98. The van der Waals surface area contributed by atoms with Crippen LogP contribution in [-0.4, -0.2) is 19.8 Å². The third kappa shape index (κ3) is 9.68. The Kier molecular flexibility index (Phi) is 9.67. The molecule has 0 heterocycles. The molecule has 0 aliphatic rings. The predicted octanol–water partition coefficient (Wildman–Crippen LogP) is 1.82. The number of amides is 1. The maximum absolute atomic E-state index is 10.8. The van der Waals surface area contributed by atoms with E-state index in [0.717, 1.165) is 12.8 Å². The second kappa shape index (κ2) is 9.85. The van der Waals surface area contributed by atoms with Crippen LogP contribution < -0.4 is 5.23 Å². The lowest BCUT2D eigenvalue weighted by molar-refractivity contribution is 0.150. The predicted molar refractivity (Wildman–Crippen MR) is 60.1 cm³/mol. The number of carbonyl (C=O) groups excluding carboxylic acids is 1. The zero-order valence-corrected chi connectivity index (χ0v) is 9.50. The summed E-state index contributed by atoms with van der Waals surface area (Å²) >= 11 is 0. The second-order valence-electron chi connectivity index (χ2n) is 2.93. The van der Waals surface area contributed by atoms with Gasteiger partial charge in [0.1, 0.15) is 0 Å². The quantitative estimate of drug-likeness (QED) is 0.389. The van der Waals surface area contributed by atoms with Crippen LogP contribution in [0.15, 0.2) is 0 Å². The standard InChI is InChI=1S/C8H19BNO2P/c1-2-3-4-5-6-7-12-8(11)10-9-13/h9H,2-7,13H2,1H3,(H,10,11). The van der Waals surface area contributed by atoms with E-state index in [9.17, 15) is 4.79 Å². The first kappa shape index (κ1) is 12.8. The van der Waals surface area contributed by atoms with Crippen LogP contribution in [0.1, 0.15) is 39.0 Å². The molecule has 0 aliphatic heterocycles. The van der Waals surface area contributed by atoms with E-state index in [2.05, 4.69) is 21.3 Å². The van der Waals surface area contributed by atoms with E-state index in [4.69, 9.17) is 4.74 Å². The van der Waals surface area contributed by atoms with E-state index in [1.165, 1.54) is 19.3 Å². The fourth-order valence-electron chi connectivity index (χ4n) is 1.00. The molecule has 76 valence electrons. The highest BCUT2D eigenvalue weighted by atomic mass is 31.0. The minimum absolute atomic E-state index is 0.314. The number of ether oxygens (including phenoxy) is 1. The first-order valence-corrected chi connectivity index (χ1v) is 5.73. The Balaban J connectivity index is 3.02. The lowest BCUT2D eigenvalue weighted by Crippen LogP contribution is -2.25. The highest BCUT2D eigenvalue weighted by Crippen LogP contribution is 2.02. The normalized spacial score (nSPS) is 9.38. The summed E-state index contributed by atoms with van der Waals surface area (Å²) in [5, 5.41) is 2.55. The third-order valence-electron chi connectivity index (χ3n) is 1.73. The Hall–Kier alpha value is -0.235. The van der Waals surface area contributed by atoms with Gasteiger partial charge in [-0.25, -0.2) is 4.79 Å². The van der Waals surface area contributed by atoms with Crippen LogP contribution in [0.25, 0.3) is 0 Å². The van der Waals surface area contributed by atoms with Crippen molar-refractivity contribution in [2.45, 2.75) is 39.0 Å². The average molecular weight is 203 g/mol. The molecule has 0 radical (unpaired) electrons. The fourth-order valence-corrected chi connectivity index (χ4v) is 1.17. The number of hydrogen-bond donors (Lipinski definition) is 1. The van der Waals surface area contributed by atoms with Gasteiger partial charge in [0, 0.05) is 0 Å². The maximum atomic E-state index is 10.8. The number of carbonyl (C=O) groups is 1. The lowest BCUT2D eigenvalue weighted by Gasteiger charge is -2.04. The maximum Gasteiger partial charge on any atom is 0.394 e. The largest absolute Gasteiger partial charge is 0.450 e. The van der Waals surface area contributed by atoms with Crippen LogP contribution in [0.4, 0.5) is 4.79 Å². The van der Waals surface area contributed by atoms with E-state index in [-0.39, 0.29) is 6.09 Å². The van der Waals surface area contributed by atoms with Gasteiger partial charge < -0.3 is 9.96 Å². The van der Waals surface area contributed by atoms with Crippen molar-refractivity contribution in [3.05, 3.63) is 0 Å². The zero-order chi connectivity index (χ0) is 9.94. The number of nitrogens with one attached hydrogen (secondary N) is 1. The molecule has 0 saturated heterocycles. The highest BCUT2D eigenvalue weighted by molar-refractivity contribution is 7.55. The lowest BCUT2D eigenvalue weighted by atomic mass is 10.2. The minimum atomic E-state index is -0.314. The molecule has 5 heteroatoms. The average Bonchev–Trinajstić information content (AvgIpc) is 2.11. The van der Waals surface area contributed by atoms with Crippen molar-refractivity contribution in [1.29, 1.82) is 0 Å². The van der Waals surface area contributed by atoms with E-state index in [0.29, 0.717) is 13.7 Å². The summed E-state index contributed by atoms with van der Waals surface area (Å²) in [4.78, 5) is 10.8. The molecular formula is C8H19BNO2P. The molecule has 0 saturated carbocycles. The topological polar surface area (TPSA) is 38.3 Å². The Bertz CT molecular complexity index is 135. The summed E-state index contributed by atoms with van der Waals surface area (Å²) in [7, 11) is 2.96. The van der Waals surface area contributed by atoms with E-state index >= 15 is 0 Å². The molecule has 0 aromatic rings. The first-order valence-electron chi connectivity index (χ1n) is 4.92. The minimum Gasteiger partial charge on any atom is -0.450 e. The van der Waals surface area contributed by atoms with Crippen LogP contribution >= 0.6 is 9.12 Å². The van der Waals surface area contributed by atoms with Gasteiger partial charge in [-0.05, 0) is 6.42 Å². The van der Waals surface area contributed by atoms with Crippen molar-refractivity contribution in [1.82, 2.24) is 5.23 Å². The van der Waals surface area contributed by atoms with Crippen molar-refractivity contribution in [2.75, 3.05) is 6.61 Å². The molecule has 1 atom stereocenters. The van der Waals surface area contributed by atoms with Crippen molar-refractivity contribution in [3.63, 3.8) is 0 Å². The molecule has 1 amide bonds. The van der Waals surface area contributed by atoms with Gasteiger partial charge in [0.05, 0.1) is 6.61 Å². The number of unbranched alkanes of at least 4 members (excludes halogenated alkanes) is 4. The molecule has 1 N–H and O–H groups in total. The molecule has 0 aromatic carbocycles. The molecule has 3 nitrogen and oxygen atoms in total. The summed E-state index contributed by atoms with van der Waals surface area (Å²) in [5.41, 5.74) is 0. The molecule has 0 rings (SSSR count). The zero-order valence-electron chi connectivity index (χ0n) is 8.34. The number of hydrogen-bond acceptors (Lipinski definition) is 2. The Labute approximate surface area is 83.4 Å². The molecular weight excluding hydrogens is 184 g/mol. The summed E-state index contributed by atoms with van der Waals surface area (Å²) in [6.45, 7) is 2.73. The third-order valence-corrected chi connectivity index (χ3v) is 1.93. The molecule has 0 aromatic heterocycles. The molecule has 0 spiro atoms. The van der Waals surface area contributed by atoms with E-state index < -0.39 is 0 Å². The SMILES string of the molecule is CCCCCCCOC(=O)NBP. The molecule has 1 unspecified atom stereocenters. The Morgan fingerprint density at radius 1 is 1.38 bits per heavy atom. The monoisotopic (exact) mass is 203 g/mol. The first-order chi connectivity index (χ1) is 6.31. The Morgan fingerprint density at radius 2 is 2.08 bits per heavy atom. The van der Waals surface area contributed by atoms with Crippen LogP contribution in [0.5, 0.6) is 0 Å². The van der Waals surface area contributed by atoms with Crippen LogP contribution in [0.3, 0.4) is 0 Å². The van der Waals surface area contributed by atoms with Gasteiger partial charge in [0.25, 0.3) is 7.13 Å². The molecule has 0 fully saturated rings. The second-order valence-corrected chi connectivity index (χ2v) is 3.34. The van der Waals surface area contributed by atoms with Crippen molar-refractivity contribution >= 4 is 22.3 Å². The van der Waals surface area contributed by atoms with E-state index in [1.54, 1.807) is 0 Å². The van der Waals surface area contributed by atoms with Crippen molar-refractivity contribution in [2.24, 2.45) is 0 Å². The van der Waals surface area contributed by atoms with E-state index in [1.807, 2.05) is 0 Å². The number of rotatable bonds is 7. The molecule has 0 bridgehead atoms. The van der Waals surface area contributed by atoms with Gasteiger partial charge in [0.2, 0.25) is 0 Å². The smallest absolute Gasteiger partial charge is 0.394 e. The fraction of sp³-hybridized carbons (Fsp3) is 0.875. The van der Waals surface area contributed by atoms with Crippen LogP contribution in [0, 0.1) is 0 Å².